The smallest absolute Gasteiger partial charge is 0.251 e. The monoisotopic (exact) mass is 360 g/mol. The van der Waals surface area contributed by atoms with Gasteiger partial charge in [0.2, 0.25) is 0 Å². The summed E-state index contributed by atoms with van der Waals surface area (Å²) < 4.78 is 0. The SMILES string of the molecule is O=C(NCc1nc(-c2ccc(O)c(O)c2)cs1)c1ccc(Cl)cc1. The molecule has 7 heteroatoms. The number of carbonyl (C=O) groups excluding carboxylic acids is 1. The number of phenolic OH excluding ortho intramolecular Hbond substituents is 2. The second-order valence-electron chi connectivity index (χ2n) is 5.02. The van der Waals surface area contributed by atoms with E-state index in [0.717, 1.165) is 5.01 Å². The number of carbonyl (C=O) groups is 1. The zero-order valence-corrected chi connectivity index (χ0v) is 13.9. The Hall–Kier alpha value is -2.57. The summed E-state index contributed by atoms with van der Waals surface area (Å²) >= 11 is 7.20. The van der Waals surface area contributed by atoms with E-state index in [1.807, 2.05) is 5.38 Å². The van der Waals surface area contributed by atoms with E-state index in [4.69, 9.17) is 11.6 Å². The fraction of sp³-hybridized carbons (Fsp3) is 0.0588. The third-order valence-corrected chi connectivity index (χ3v) is 4.43. The van der Waals surface area contributed by atoms with Crippen LogP contribution in [0.2, 0.25) is 5.02 Å². The van der Waals surface area contributed by atoms with Crippen molar-refractivity contribution in [2.24, 2.45) is 0 Å². The van der Waals surface area contributed by atoms with Crippen molar-refractivity contribution in [1.82, 2.24) is 10.3 Å². The molecule has 1 amide bonds. The van der Waals surface area contributed by atoms with Crippen LogP contribution in [0.1, 0.15) is 15.4 Å². The number of hydrogen-bond donors (Lipinski definition) is 3. The highest BCUT2D eigenvalue weighted by Gasteiger charge is 2.09. The van der Waals surface area contributed by atoms with Gasteiger partial charge in [-0.3, -0.25) is 4.79 Å². The molecule has 24 heavy (non-hydrogen) atoms. The molecule has 0 unspecified atom stereocenters. The number of thiazole rings is 1. The first-order chi connectivity index (χ1) is 11.5. The van der Waals surface area contributed by atoms with Gasteiger partial charge in [-0.1, -0.05) is 11.6 Å². The average molecular weight is 361 g/mol. The lowest BCUT2D eigenvalue weighted by atomic mass is 10.1. The maximum atomic E-state index is 12.1. The van der Waals surface area contributed by atoms with E-state index in [-0.39, 0.29) is 17.4 Å². The Morgan fingerprint density at radius 1 is 1.12 bits per heavy atom. The second kappa shape index (κ2) is 6.90. The molecule has 0 bridgehead atoms. The molecule has 1 aromatic heterocycles. The largest absolute Gasteiger partial charge is 0.504 e. The lowest BCUT2D eigenvalue weighted by molar-refractivity contribution is 0.0951. The van der Waals surface area contributed by atoms with E-state index in [2.05, 4.69) is 10.3 Å². The number of aromatic hydroxyl groups is 2. The van der Waals surface area contributed by atoms with Crippen LogP contribution in [-0.4, -0.2) is 21.1 Å². The minimum Gasteiger partial charge on any atom is -0.504 e. The topological polar surface area (TPSA) is 82.5 Å². The van der Waals surface area contributed by atoms with Crippen LogP contribution in [0, 0.1) is 0 Å². The Morgan fingerprint density at radius 3 is 2.58 bits per heavy atom. The Morgan fingerprint density at radius 2 is 1.88 bits per heavy atom. The van der Waals surface area contributed by atoms with Crippen LogP contribution in [0.15, 0.2) is 47.8 Å². The molecule has 0 saturated heterocycles. The predicted octanol–water partition coefficient (Wildman–Crippen LogP) is 3.80. The van der Waals surface area contributed by atoms with E-state index in [1.165, 1.54) is 23.5 Å². The molecule has 0 spiro atoms. The molecule has 3 aromatic rings. The van der Waals surface area contributed by atoms with Gasteiger partial charge in [0.05, 0.1) is 12.2 Å². The minimum atomic E-state index is -0.203. The molecule has 0 aliphatic heterocycles. The molecule has 0 aliphatic rings. The second-order valence-corrected chi connectivity index (χ2v) is 6.40. The predicted molar refractivity (Wildman–Crippen MR) is 93.5 cm³/mol. The van der Waals surface area contributed by atoms with Crippen LogP contribution in [0.4, 0.5) is 0 Å². The number of rotatable bonds is 4. The van der Waals surface area contributed by atoms with Gasteiger partial charge in [0, 0.05) is 21.5 Å². The van der Waals surface area contributed by atoms with Crippen LogP contribution in [0.3, 0.4) is 0 Å². The van der Waals surface area contributed by atoms with E-state index in [0.29, 0.717) is 28.4 Å². The van der Waals surface area contributed by atoms with Crippen molar-refractivity contribution in [3.8, 4) is 22.8 Å². The van der Waals surface area contributed by atoms with Crippen LogP contribution < -0.4 is 5.32 Å². The first kappa shape index (κ1) is 16.3. The van der Waals surface area contributed by atoms with Crippen LogP contribution >= 0.6 is 22.9 Å². The van der Waals surface area contributed by atoms with Crippen molar-refractivity contribution in [1.29, 1.82) is 0 Å². The standard InChI is InChI=1S/C17H13ClN2O3S/c18-12-4-1-10(2-5-12)17(23)19-8-16-20-13(9-24-16)11-3-6-14(21)15(22)7-11/h1-7,9,21-22H,8H2,(H,19,23). The van der Waals surface area contributed by atoms with E-state index in [1.54, 1.807) is 30.3 Å². The fourth-order valence-corrected chi connectivity index (χ4v) is 2.94. The van der Waals surface area contributed by atoms with E-state index in [9.17, 15) is 15.0 Å². The Balaban J connectivity index is 1.66. The van der Waals surface area contributed by atoms with Gasteiger partial charge in [0.25, 0.3) is 5.91 Å². The van der Waals surface area contributed by atoms with Crippen molar-refractivity contribution >= 4 is 28.8 Å². The Kier molecular flexibility index (Phi) is 4.69. The normalized spacial score (nSPS) is 10.5. The Bertz CT molecular complexity index is 878. The van der Waals surface area contributed by atoms with Gasteiger partial charge in [-0.2, -0.15) is 0 Å². The Labute approximate surface area is 147 Å². The number of halogens is 1. The first-order valence-corrected chi connectivity index (χ1v) is 8.29. The molecule has 3 N–H and O–H groups in total. The summed E-state index contributed by atoms with van der Waals surface area (Å²) in [5, 5.41) is 24.8. The van der Waals surface area contributed by atoms with Gasteiger partial charge in [0.15, 0.2) is 11.5 Å². The molecular formula is C17H13ClN2O3S. The maximum absolute atomic E-state index is 12.1. The van der Waals surface area contributed by atoms with Crippen LogP contribution in [0.5, 0.6) is 11.5 Å². The van der Waals surface area contributed by atoms with Crippen molar-refractivity contribution in [3.63, 3.8) is 0 Å². The van der Waals surface area contributed by atoms with E-state index >= 15 is 0 Å². The number of nitrogens with zero attached hydrogens (tertiary/aromatic N) is 1. The number of phenols is 2. The van der Waals surface area contributed by atoms with Gasteiger partial charge in [0.1, 0.15) is 5.01 Å². The molecule has 3 rings (SSSR count). The summed E-state index contributed by atoms with van der Waals surface area (Å²) in [6.07, 6.45) is 0. The van der Waals surface area contributed by atoms with Crippen LogP contribution in [0.25, 0.3) is 11.3 Å². The highest BCUT2D eigenvalue weighted by atomic mass is 35.5. The fourth-order valence-electron chi connectivity index (χ4n) is 2.07. The highest BCUT2D eigenvalue weighted by molar-refractivity contribution is 7.09. The van der Waals surface area contributed by atoms with Crippen LogP contribution in [-0.2, 0) is 6.54 Å². The van der Waals surface area contributed by atoms with Gasteiger partial charge in [-0.25, -0.2) is 4.98 Å². The maximum Gasteiger partial charge on any atom is 0.251 e. The number of nitrogens with one attached hydrogen (secondary N) is 1. The lowest BCUT2D eigenvalue weighted by Gasteiger charge is -2.03. The van der Waals surface area contributed by atoms with Crippen molar-refractivity contribution < 1.29 is 15.0 Å². The zero-order valence-electron chi connectivity index (χ0n) is 12.4. The summed E-state index contributed by atoms with van der Waals surface area (Å²) in [5.74, 6) is -0.576. The summed E-state index contributed by atoms with van der Waals surface area (Å²) in [4.78, 5) is 16.5. The minimum absolute atomic E-state index is 0.176. The number of benzene rings is 2. The van der Waals surface area contributed by atoms with Gasteiger partial charge >= 0.3 is 0 Å². The number of aromatic nitrogens is 1. The molecule has 1 heterocycles. The first-order valence-electron chi connectivity index (χ1n) is 7.03. The van der Waals surface area contributed by atoms with Gasteiger partial charge < -0.3 is 15.5 Å². The molecule has 5 nitrogen and oxygen atoms in total. The summed E-state index contributed by atoms with van der Waals surface area (Å²) in [6, 6.07) is 11.2. The molecule has 122 valence electrons. The third kappa shape index (κ3) is 3.67. The number of amides is 1. The lowest BCUT2D eigenvalue weighted by Crippen LogP contribution is -2.22. The average Bonchev–Trinajstić information content (AvgIpc) is 3.05. The van der Waals surface area contributed by atoms with E-state index < -0.39 is 0 Å². The third-order valence-electron chi connectivity index (χ3n) is 3.33. The molecule has 0 radical (unpaired) electrons. The summed E-state index contributed by atoms with van der Waals surface area (Å²) in [5.41, 5.74) is 1.89. The van der Waals surface area contributed by atoms with Crippen molar-refractivity contribution in [2.45, 2.75) is 6.54 Å². The van der Waals surface area contributed by atoms with Gasteiger partial charge in [-0.15, -0.1) is 11.3 Å². The number of hydrogen-bond acceptors (Lipinski definition) is 5. The molecular weight excluding hydrogens is 348 g/mol. The zero-order chi connectivity index (χ0) is 17.1. The molecule has 0 atom stereocenters. The highest BCUT2D eigenvalue weighted by Crippen LogP contribution is 2.31. The van der Waals surface area contributed by atoms with Crippen molar-refractivity contribution in [2.75, 3.05) is 0 Å². The molecule has 2 aromatic carbocycles. The molecule has 0 saturated carbocycles. The summed E-state index contributed by atoms with van der Waals surface area (Å²) in [7, 11) is 0. The summed E-state index contributed by atoms with van der Waals surface area (Å²) in [6.45, 7) is 0.302. The van der Waals surface area contributed by atoms with Crippen molar-refractivity contribution in [3.05, 3.63) is 63.4 Å². The van der Waals surface area contributed by atoms with Gasteiger partial charge in [-0.05, 0) is 42.5 Å². The molecule has 0 aliphatic carbocycles. The molecule has 0 fully saturated rings. The quantitative estimate of drug-likeness (QED) is 0.618.